The molecular weight excluding hydrogens is 350 g/mol. The van der Waals surface area contributed by atoms with Crippen LogP contribution < -0.4 is 4.74 Å². The molecule has 3 aromatic rings. The number of phenols is 1. The normalized spacial score (nSPS) is 11.6. The Morgan fingerprint density at radius 2 is 1.93 bits per heavy atom. The summed E-state index contributed by atoms with van der Waals surface area (Å²) in [6.45, 7) is 3.88. The molecule has 0 atom stereocenters. The van der Waals surface area contributed by atoms with E-state index >= 15 is 0 Å². The van der Waals surface area contributed by atoms with E-state index in [0.29, 0.717) is 17.5 Å². The van der Waals surface area contributed by atoms with Gasteiger partial charge in [0.25, 0.3) is 0 Å². The van der Waals surface area contributed by atoms with Gasteiger partial charge in [-0.2, -0.15) is 5.10 Å². The van der Waals surface area contributed by atoms with E-state index in [9.17, 15) is 20.1 Å². The Morgan fingerprint density at radius 3 is 2.63 bits per heavy atom. The maximum absolute atomic E-state index is 11.2. The highest BCUT2D eigenvalue weighted by Crippen LogP contribution is 2.34. The van der Waals surface area contributed by atoms with Crippen molar-refractivity contribution in [2.24, 2.45) is 0 Å². The quantitative estimate of drug-likeness (QED) is 0.450. The molecule has 0 saturated carbocycles. The van der Waals surface area contributed by atoms with Gasteiger partial charge < -0.3 is 20.1 Å². The summed E-state index contributed by atoms with van der Waals surface area (Å²) < 4.78 is 6.97. The molecule has 0 fully saturated rings. The van der Waals surface area contributed by atoms with Crippen LogP contribution in [0.15, 0.2) is 48.8 Å². The SMILES string of the molecule is CC(C)n1nccc1-c1cccnc1C(O)(O)Oc1cccc(O)c1C=O. The summed E-state index contributed by atoms with van der Waals surface area (Å²) in [4.78, 5) is 15.3. The van der Waals surface area contributed by atoms with E-state index in [2.05, 4.69) is 10.1 Å². The van der Waals surface area contributed by atoms with E-state index in [0.717, 1.165) is 0 Å². The number of hydrogen-bond acceptors (Lipinski definition) is 7. The van der Waals surface area contributed by atoms with Crippen molar-refractivity contribution >= 4 is 6.29 Å². The van der Waals surface area contributed by atoms with Gasteiger partial charge in [0.2, 0.25) is 0 Å². The second-order valence-corrected chi connectivity index (χ2v) is 6.17. The molecule has 2 heterocycles. The lowest BCUT2D eigenvalue weighted by Crippen LogP contribution is -2.34. The second kappa shape index (κ2) is 7.18. The van der Waals surface area contributed by atoms with Gasteiger partial charge in [0.05, 0.1) is 11.3 Å². The smallest absolute Gasteiger partial charge is 0.370 e. The number of carbonyl (C=O) groups excluding carboxylic acids is 1. The maximum Gasteiger partial charge on any atom is 0.370 e. The van der Waals surface area contributed by atoms with E-state index < -0.39 is 5.97 Å². The van der Waals surface area contributed by atoms with E-state index in [4.69, 9.17) is 4.74 Å². The fourth-order valence-corrected chi connectivity index (χ4v) is 2.75. The van der Waals surface area contributed by atoms with Crippen molar-refractivity contribution < 1.29 is 24.9 Å². The summed E-state index contributed by atoms with van der Waals surface area (Å²) in [6, 6.07) is 9.11. The Morgan fingerprint density at radius 1 is 1.15 bits per heavy atom. The third-order valence-corrected chi connectivity index (χ3v) is 3.96. The molecule has 1 aromatic carbocycles. The largest absolute Gasteiger partial charge is 0.507 e. The van der Waals surface area contributed by atoms with Gasteiger partial charge in [-0.05, 0) is 44.2 Å². The first kappa shape index (κ1) is 18.6. The molecule has 27 heavy (non-hydrogen) atoms. The standard InChI is InChI=1S/C19H19N3O5/c1-12(2)22-15(8-10-21-22)13-5-4-9-20-18(13)19(25,26)27-17-7-3-6-16(24)14(17)11-23/h3-12,24-26H,1-2H3. The van der Waals surface area contributed by atoms with Crippen LogP contribution in [0.5, 0.6) is 11.5 Å². The van der Waals surface area contributed by atoms with E-state index in [1.54, 1.807) is 29.1 Å². The Bertz CT molecular complexity index is 965. The number of nitrogens with zero attached hydrogens (tertiary/aromatic N) is 3. The first-order valence-corrected chi connectivity index (χ1v) is 8.25. The highest BCUT2D eigenvalue weighted by Gasteiger charge is 2.35. The molecule has 2 aromatic heterocycles. The number of hydrogen-bond donors (Lipinski definition) is 3. The summed E-state index contributed by atoms with van der Waals surface area (Å²) in [5, 5.41) is 35.2. The van der Waals surface area contributed by atoms with Crippen molar-refractivity contribution in [3.8, 4) is 22.8 Å². The monoisotopic (exact) mass is 369 g/mol. The molecule has 0 radical (unpaired) electrons. The molecule has 140 valence electrons. The molecule has 3 rings (SSSR count). The van der Waals surface area contributed by atoms with Crippen LogP contribution in [0, 0.1) is 0 Å². The molecule has 0 unspecified atom stereocenters. The van der Waals surface area contributed by atoms with Crippen LogP contribution in [0.4, 0.5) is 0 Å². The summed E-state index contributed by atoms with van der Waals surface area (Å²) in [6.07, 6.45) is 3.36. The van der Waals surface area contributed by atoms with Crippen molar-refractivity contribution in [1.82, 2.24) is 14.8 Å². The number of pyridine rings is 1. The van der Waals surface area contributed by atoms with Crippen LogP contribution in [0.3, 0.4) is 0 Å². The van der Waals surface area contributed by atoms with E-state index in [1.165, 1.54) is 24.4 Å². The van der Waals surface area contributed by atoms with Gasteiger partial charge in [-0.15, -0.1) is 0 Å². The van der Waals surface area contributed by atoms with Crippen LogP contribution in [0.2, 0.25) is 0 Å². The van der Waals surface area contributed by atoms with Crippen LogP contribution in [0.25, 0.3) is 11.3 Å². The number of aliphatic hydroxyl groups is 2. The molecular formula is C19H19N3O5. The zero-order valence-electron chi connectivity index (χ0n) is 14.8. The number of aldehydes is 1. The molecule has 8 heteroatoms. The predicted molar refractivity (Wildman–Crippen MR) is 96.1 cm³/mol. The van der Waals surface area contributed by atoms with Crippen molar-refractivity contribution in [1.29, 1.82) is 0 Å². The van der Waals surface area contributed by atoms with Gasteiger partial charge in [-0.1, -0.05) is 6.07 Å². The van der Waals surface area contributed by atoms with Gasteiger partial charge in [0, 0.05) is 24.0 Å². The maximum atomic E-state index is 11.2. The molecule has 0 amide bonds. The lowest BCUT2D eigenvalue weighted by molar-refractivity contribution is -0.306. The summed E-state index contributed by atoms with van der Waals surface area (Å²) in [5.74, 6) is -3.38. The minimum atomic E-state index is -2.85. The number of phenolic OH excluding ortho intramolecular Hbond substituents is 1. The minimum Gasteiger partial charge on any atom is -0.507 e. The summed E-state index contributed by atoms with van der Waals surface area (Å²) in [7, 11) is 0. The van der Waals surface area contributed by atoms with E-state index in [1.807, 2.05) is 13.8 Å². The fourth-order valence-electron chi connectivity index (χ4n) is 2.75. The Hall–Kier alpha value is -3.23. The summed E-state index contributed by atoms with van der Waals surface area (Å²) >= 11 is 0. The van der Waals surface area contributed by atoms with Gasteiger partial charge >= 0.3 is 5.97 Å². The van der Waals surface area contributed by atoms with Crippen LogP contribution in [-0.2, 0) is 5.97 Å². The van der Waals surface area contributed by atoms with Crippen LogP contribution in [0.1, 0.15) is 35.9 Å². The second-order valence-electron chi connectivity index (χ2n) is 6.17. The topological polar surface area (TPSA) is 118 Å². The summed E-state index contributed by atoms with van der Waals surface area (Å²) in [5.41, 5.74) is 0.652. The number of ether oxygens (including phenoxy) is 1. The van der Waals surface area contributed by atoms with E-state index in [-0.39, 0.29) is 28.8 Å². The molecule has 0 bridgehead atoms. The third kappa shape index (κ3) is 3.53. The van der Waals surface area contributed by atoms with Gasteiger partial charge in [-0.3, -0.25) is 14.5 Å². The highest BCUT2D eigenvalue weighted by atomic mass is 16.8. The van der Waals surface area contributed by atoms with Crippen molar-refractivity contribution in [2.75, 3.05) is 0 Å². The number of rotatable bonds is 6. The Labute approximate surface area is 155 Å². The third-order valence-electron chi connectivity index (χ3n) is 3.96. The first-order valence-electron chi connectivity index (χ1n) is 8.25. The minimum absolute atomic E-state index is 0.0310. The number of carbonyl (C=O) groups is 1. The van der Waals surface area contributed by atoms with Crippen molar-refractivity contribution in [3.63, 3.8) is 0 Å². The van der Waals surface area contributed by atoms with Crippen molar-refractivity contribution in [2.45, 2.75) is 25.9 Å². The molecule has 0 aliphatic heterocycles. The van der Waals surface area contributed by atoms with Crippen LogP contribution in [-0.4, -0.2) is 36.4 Å². The fraction of sp³-hybridized carbons (Fsp3) is 0.211. The molecule has 0 aliphatic rings. The molecule has 8 nitrogen and oxygen atoms in total. The number of benzene rings is 1. The lowest BCUT2D eigenvalue weighted by atomic mass is 10.1. The van der Waals surface area contributed by atoms with Crippen molar-refractivity contribution in [3.05, 3.63) is 60.0 Å². The van der Waals surface area contributed by atoms with Gasteiger partial charge in [0.15, 0.2) is 12.0 Å². The number of aromatic nitrogens is 3. The van der Waals surface area contributed by atoms with Crippen LogP contribution >= 0.6 is 0 Å². The van der Waals surface area contributed by atoms with Gasteiger partial charge in [0.1, 0.15) is 11.5 Å². The zero-order chi connectivity index (χ0) is 19.6. The average molecular weight is 369 g/mol. The first-order chi connectivity index (χ1) is 12.8. The Balaban J connectivity index is 2.08. The highest BCUT2D eigenvalue weighted by molar-refractivity contribution is 5.83. The molecule has 0 saturated heterocycles. The number of aromatic hydroxyl groups is 1. The average Bonchev–Trinajstić information content (AvgIpc) is 3.11. The molecule has 3 N–H and O–H groups in total. The molecule has 0 spiro atoms. The molecule has 0 aliphatic carbocycles. The Kier molecular flexibility index (Phi) is 4.93. The lowest BCUT2D eigenvalue weighted by Gasteiger charge is -2.25. The predicted octanol–water partition coefficient (Wildman–Crippen LogP) is 2.22. The zero-order valence-corrected chi connectivity index (χ0v) is 14.8. The van der Waals surface area contributed by atoms with Gasteiger partial charge in [-0.25, -0.2) is 0 Å².